The van der Waals surface area contributed by atoms with Gasteiger partial charge in [-0.1, -0.05) is 18.2 Å². The van der Waals surface area contributed by atoms with Gasteiger partial charge in [0.1, 0.15) is 6.33 Å². The van der Waals surface area contributed by atoms with E-state index in [0.717, 1.165) is 6.26 Å². The standard InChI is InChI=1S/C12H10N2O4S/c1-19(16,17)18-12(15)10-5-3-2-4-9(10)11-6-7-13-8-14-11/h2-8H,1H3. The van der Waals surface area contributed by atoms with Gasteiger partial charge in [0.15, 0.2) is 0 Å². The molecule has 0 unspecified atom stereocenters. The van der Waals surface area contributed by atoms with Gasteiger partial charge in [0.25, 0.3) is 0 Å². The van der Waals surface area contributed by atoms with Gasteiger partial charge in [-0.05, 0) is 12.1 Å². The van der Waals surface area contributed by atoms with Gasteiger partial charge in [-0.3, -0.25) is 0 Å². The second-order valence-electron chi connectivity index (χ2n) is 3.72. The molecule has 0 spiro atoms. The number of hydrogen-bond acceptors (Lipinski definition) is 6. The summed E-state index contributed by atoms with van der Waals surface area (Å²) in [6.45, 7) is 0. The van der Waals surface area contributed by atoms with E-state index in [-0.39, 0.29) is 5.56 Å². The molecular weight excluding hydrogens is 268 g/mol. The van der Waals surface area contributed by atoms with Crippen molar-refractivity contribution in [3.8, 4) is 11.3 Å². The molecule has 1 heterocycles. The van der Waals surface area contributed by atoms with Crippen LogP contribution in [0.3, 0.4) is 0 Å². The fourth-order valence-corrected chi connectivity index (χ4v) is 1.88. The molecule has 1 aromatic carbocycles. The van der Waals surface area contributed by atoms with Crippen molar-refractivity contribution in [1.29, 1.82) is 0 Å². The van der Waals surface area contributed by atoms with E-state index < -0.39 is 16.1 Å². The number of carbonyl (C=O) groups is 1. The lowest BCUT2D eigenvalue weighted by Crippen LogP contribution is -2.12. The molecule has 0 fully saturated rings. The lowest BCUT2D eigenvalue weighted by molar-refractivity contribution is 0.0749. The van der Waals surface area contributed by atoms with Gasteiger partial charge in [-0.2, -0.15) is 8.42 Å². The summed E-state index contributed by atoms with van der Waals surface area (Å²) in [4.78, 5) is 19.6. The number of aromatic nitrogens is 2. The largest absolute Gasteiger partial charge is 0.354 e. The highest BCUT2D eigenvalue weighted by atomic mass is 32.2. The minimum atomic E-state index is -3.85. The summed E-state index contributed by atoms with van der Waals surface area (Å²) in [6.07, 6.45) is 3.69. The topological polar surface area (TPSA) is 86.2 Å². The summed E-state index contributed by atoms with van der Waals surface area (Å²) in [5.41, 5.74) is 1.13. The normalized spacial score (nSPS) is 11.0. The van der Waals surface area contributed by atoms with Crippen molar-refractivity contribution in [2.24, 2.45) is 0 Å². The van der Waals surface area contributed by atoms with Crippen molar-refractivity contribution in [3.05, 3.63) is 48.4 Å². The molecular formula is C12H10N2O4S. The Labute approximate surface area is 110 Å². The fourth-order valence-electron chi connectivity index (χ4n) is 1.52. The first kappa shape index (κ1) is 13.2. The minimum Gasteiger partial charge on any atom is -0.341 e. The molecule has 0 aliphatic rings. The maximum atomic E-state index is 11.8. The average Bonchev–Trinajstić information content (AvgIpc) is 2.38. The molecule has 0 bridgehead atoms. The third-order valence-electron chi connectivity index (χ3n) is 2.23. The van der Waals surface area contributed by atoms with E-state index >= 15 is 0 Å². The summed E-state index contributed by atoms with van der Waals surface area (Å²) >= 11 is 0. The van der Waals surface area contributed by atoms with E-state index in [1.807, 2.05) is 0 Å². The first-order chi connectivity index (χ1) is 8.97. The number of hydrogen-bond donors (Lipinski definition) is 0. The van der Waals surface area contributed by atoms with Crippen LogP contribution in [0.2, 0.25) is 0 Å². The number of nitrogens with zero attached hydrogens (tertiary/aromatic N) is 2. The Balaban J connectivity index is 2.45. The number of benzene rings is 1. The van der Waals surface area contributed by atoms with Crippen LogP contribution in [0.25, 0.3) is 11.3 Å². The van der Waals surface area contributed by atoms with E-state index in [1.165, 1.54) is 18.6 Å². The first-order valence-electron chi connectivity index (χ1n) is 5.26. The number of carbonyl (C=O) groups excluding carboxylic acids is 1. The lowest BCUT2D eigenvalue weighted by Gasteiger charge is -2.07. The molecule has 0 amide bonds. The summed E-state index contributed by atoms with van der Waals surface area (Å²) in [6, 6.07) is 8.08. The van der Waals surface area contributed by atoms with E-state index in [9.17, 15) is 13.2 Å². The van der Waals surface area contributed by atoms with Crippen molar-refractivity contribution in [2.75, 3.05) is 6.26 Å². The molecule has 0 saturated heterocycles. The first-order valence-corrected chi connectivity index (χ1v) is 7.08. The van der Waals surface area contributed by atoms with Crippen molar-refractivity contribution < 1.29 is 17.4 Å². The lowest BCUT2D eigenvalue weighted by atomic mass is 10.0. The van der Waals surface area contributed by atoms with Crippen LogP contribution in [-0.2, 0) is 14.3 Å². The molecule has 0 aliphatic carbocycles. The molecule has 2 rings (SSSR count). The van der Waals surface area contributed by atoms with E-state index in [4.69, 9.17) is 0 Å². The maximum Gasteiger partial charge on any atom is 0.354 e. The highest BCUT2D eigenvalue weighted by molar-refractivity contribution is 7.86. The monoisotopic (exact) mass is 278 g/mol. The summed E-state index contributed by atoms with van der Waals surface area (Å²) < 4.78 is 26.4. The smallest absolute Gasteiger partial charge is 0.341 e. The Morgan fingerprint density at radius 1 is 1.21 bits per heavy atom. The molecule has 0 saturated carbocycles. The van der Waals surface area contributed by atoms with Crippen molar-refractivity contribution in [1.82, 2.24) is 9.97 Å². The molecule has 7 heteroatoms. The molecule has 1 aromatic heterocycles. The highest BCUT2D eigenvalue weighted by Gasteiger charge is 2.18. The second kappa shape index (κ2) is 5.15. The quantitative estimate of drug-likeness (QED) is 0.786. The zero-order chi connectivity index (χ0) is 13.9. The Kier molecular flexibility index (Phi) is 3.57. The summed E-state index contributed by atoms with van der Waals surface area (Å²) in [5, 5.41) is 0. The van der Waals surface area contributed by atoms with Gasteiger partial charge in [0.05, 0.1) is 17.5 Å². The van der Waals surface area contributed by atoms with E-state index in [0.29, 0.717) is 11.3 Å². The third-order valence-corrected chi connectivity index (χ3v) is 2.69. The van der Waals surface area contributed by atoms with Crippen LogP contribution >= 0.6 is 0 Å². The van der Waals surface area contributed by atoms with E-state index in [2.05, 4.69) is 14.2 Å². The Morgan fingerprint density at radius 3 is 2.58 bits per heavy atom. The van der Waals surface area contributed by atoms with Gasteiger partial charge in [-0.25, -0.2) is 14.8 Å². The van der Waals surface area contributed by atoms with Crippen LogP contribution in [0, 0.1) is 0 Å². The third kappa shape index (κ3) is 3.35. The SMILES string of the molecule is CS(=O)(=O)OC(=O)c1ccccc1-c1ccncn1. The van der Waals surface area contributed by atoms with Gasteiger partial charge in [0.2, 0.25) is 0 Å². The average molecular weight is 278 g/mol. The molecule has 0 atom stereocenters. The molecule has 98 valence electrons. The summed E-state index contributed by atoms with van der Waals surface area (Å²) in [7, 11) is -3.85. The van der Waals surface area contributed by atoms with Crippen LogP contribution in [0.15, 0.2) is 42.9 Å². The van der Waals surface area contributed by atoms with Crippen LogP contribution < -0.4 is 0 Å². The Morgan fingerprint density at radius 2 is 1.95 bits per heavy atom. The zero-order valence-electron chi connectivity index (χ0n) is 9.98. The van der Waals surface area contributed by atoms with Crippen molar-refractivity contribution >= 4 is 16.1 Å². The Hall–Kier alpha value is -2.28. The van der Waals surface area contributed by atoms with Gasteiger partial charge in [-0.15, -0.1) is 0 Å². The fraction of sp³-hybridized carbons (Fsp3) is 0.0833. The number of rotatable bonds is 3. The molecule has 19 heavy (non-hydrogen) atoms. The van der Waals surface area contributed by atoms with Crippen LogP contribution in [0.1, 0.15) is 10.4 Å². The zero-order valence-corrected chi connectivity index (χ0v) is 10.8. The predicted molar refractivity (Wildman–Crippen MR) is 67.7 cm³/mol. The maximum absolute atomic E-state index is 11.8. The van der Waals surface area contributed by atoms with Crippen molar-refractivity contribution in [2.45, 2.75) is 0 Å². The second-order valence-corrected chi connectivity index (χ2v) is 5.29. The van der Waals surface area contributed by atoms with Gasteiger partial charge in [0, 0.05) is 11.8 Å². The molecule has 0 aliphatic heterocycles. The Bertz CT molecular complexity index is 699. The van der Waals surface area contributed by atoms with Crippen LogP contribution in [-0.4, -0.2) is 30.6 Å². The van der Waals surface area contributed by atoms with E-state index in [1.54, 1.807) is 24.3 Å². The highest BCUT2D eigenvalue weighted by Crippen LogP contribution is 2.22. The van der Waals surface area contributed by atoms with Crippen LogP contribution in [0.4, 0.5) is 0 Å². The molecule has 0 N–H and O–H groups in total. The molecule has 6 nitrogen and oxygen atoms in total. The molecule has 2 aromatic rings. The predicted octanol–water partition coefficient (Wildman–Crippen LogP) is 1.26. The van der Waals surface area contributed by atoms with Gasteiger partial charge >= 0.3 is 16.1 Å². The van der Waals surface area contributed by atoms with Crippen LogP contribution in [0.5, 0.6) is 0 Å². The molecule has 0 radical (unpaired) electrons. The van der Waals surface area contributed by atoms with Gasteiger partial charge < -0.3 is 4.18 Å². The minimum absolute atomic E-state index is 0.131. The van der Waals surface area contributed by atoms with Crippen molar-refractivity contribution in [3.63, 3.8) is 0 Å². The summed E-state index contributed by atoms with van der Waals surface area (Å²) in [5.74, 6) is -0.934.